The summed E-state index contributed by atoms with van der Waals surface area (Å²) in [5.41, 5.74) is 2.79. The summed E-state index contributed by atoms with van der Waals surface area (Å²) in [7, 11) is 1.42. The van der Waals surface area contributed by atoms with Crippen molar-refractivity contribution in [3.05, 3.63) is 59.2 Å². The minimum Gasteiger partial charge on any atom is -0.494 e. The molecule has 1 aliphatic carbocycles. The highest BCUT2D eigenvalue weighted by atomic mass is 19.1. The third-order valence-electron chi connectivity index (χ3n) is 3.90. The van der Waals surface area contributed by atoms with E-state index in [0.29, 0.717) is 5.56 Å². The van der Waals surface area contributed by atoms with Crippen molar-refractivity contribution in [1.82, 2.24) is 4.98 Å². The van der Waals surface area contributed by atoms with Gasteiger partial charge in [0.15, 0.2) is 11.6 Å². The lowest BCUT2D eigenvalue weighted by Gasteiger charge is -2.19. The number of pyridine rings is 1. The molecular weight excluding hydrogens is 257 g/mol. The molecule has 0 aliphatic heterocycles. The fraction of sp³-hybridized carbons (Fsp3) is 0.312. The van der Waals surface area contributed by atoms with Crippen molar-refractivity contribution in [2.45, 2.75) is 24.9 Å². The van der Waals surface area contributed by atoms with E-state index in [4.69, 9.17) is 4.74 Å². The molecule has 2 unspecified atom stereocenters. The lowest BCUT2D eigenvalue weighted by Crippen LogP contribution is -2.09. The van der Waals surface area contributed by atoms with Crippen molar-refractivity contribution in [3.63, 3.8) is 0 Å². The zero-order valence-electron chi connectivity index (χ0n) is 11.2. The number of aliphatic hydroxyl groups excluding tert-OH is 1. The Hall–Kier alpha value is -1.94. The summed E-state index contributed by atoms with van der Waals surface area (Å²) in [5, 5.41) is 10.6. The second kappa shape index (κ2) is 5.21. The molecule has 0 spiro atoms. The monoisotopic (exact) mass is 273 g/mol. The number of benzene rings is 1. The van der Waals surface area contributed by atoms with E-state index >= 15 is 0 Å². The van der Waals surface area contributed by atoms with Gasteiger partial charge in [-0.1, -0.05) is 12.1 Å². The van der Waals surface area contributed by atoms with Gasteiger partial charge in [-0.3, -0.25) is 4.98 Å². The minimum absolute atomic E-state index is 0.0404. The van der Waals surface area contributed by atoms with Crippen LogP contribution in [-0.4, -0.2) is 17.2 Å². The number of ether oxygens (including phenoxy) is 1. The van der Waals surface area contributed by atoms with Gasteiger partial charge in [-0.2, -0.15) is 0 Å². The van der Waals surface area contributed by atoms with Crippen LogP contribution in [0.1, 0.15) is 35.3 Å². The first-order chi connectivity index (χ1) is 9.70. The van der Waals surface area contributed by atoms with Crippen LogP contribution in [0.2, 0.25) is 0 Å². The quantitative estimate of drug-likeness (QED) is 0.934. The molecule has 1 aromatic carbocycles. The van der Waals surface area contributed by atoms with E-state index in [0.717, 1.165) is 18.5 Å². The summed E-state index contributed by atoms with van der Waals surface area (Å²) in [4.78, 5) is 4.38. The topological polar surface area (TPSA) is 42.4 Å². The van der Waals surface area contributed by atoms with E-state index in [1.165, 1.54) is 18.7 Å². The number of rotatable bonds is 3. The third-order valence-corrected chi connectivity index (χ3v) is 3.90. The highest BCUT2D eigenvalue weighted by Crippen LogP contribution is 2.41. The molecule has 1 heterocycles. The molecule has 4 heteroatoms. The molecule has 1 N–H and O–H groups in total. The van der Waals surface area contributed by atoms with Crippen LogP contribution >= 0.6 is 0 Å². The highest BCUT2D eigenvalue weighted by Gasteiger charge is 2.31. The Balaban J connectivity index is 1.92. The fourth-order valence-corrected chi connectivity index (χ4v) is 2.84. The van der Waals surface area contributed by atoms with Gasteiger partial charge in [0.1, 0.15) is 0 Å². The van der Waals surface area contributed by atoms with E-state index in [1.54, 1.807) is 18.3 Å². The number of hydrogen-bond acceptors (Lipinski definition) is 3. The van der Waals surface area contributed by atoms with Gasteiger partial charge in [0, 0.05) is 17.8 Å². The molecule has 1 aliphatic rings. The van der Waals surface area contributed by atoms with E-state index < -0.39 is 11.9 Å². The number of nitrogens with zero attached hydrogens (tertiary/aromatic N) is 1. The summed E-state index contributed by atoms with van der Waals surface area (Å²) >= 11 is 0. The summed E-state index contributed by atoms with van der Waals surface area (Å²) in [5.74, 6) is -0.310. The Labute approximate surface area is 117 Å². The Morgan fingerprint density at radius 2 is 2.25 bits per heavy atom. The van der Waals surface area contributed by atoms with E-state index in [-0.39, 0.29) is 11.7 Å². The lowest BCUT2D eigenvalue weighted by molar-refractivity contribution is 0.143. The number of hydrogen-bond donors (Lipinski definition) is 1. The van der Waals surface area contributed by atoms with Gasteiger partial charge in [-0.15, -0.1) is 0 Å². The molecule has 0 saturated carbocycles. The third kappa shape index (κ3) is 2.16. The van der Waals surface area contributed by atoms with Crippen LogP contribution in [0.4, 0.5) is 4.39 Å². The maximum absolute atomic E-state index is 13.4. The van der Waals surface area contributed by atoms with Crippen molar-refractivity contribution >= 4 is 0 Å². The number of aliphatic hydroxyl groups is 1. The molecule has 0 bridgehead atoms. The predicted molar refractivity (Wildman–Crippen MR) is 73.2 cm³/mol. The van der Waals surface area contributed by atoms with Crippen LogP contribution in [0.5, 0.6) is 5.75 Å². The van der Waals surface area contributed by atoms with Crippen LogP contribution < -0.4 is 4.74 Å². The molecule has 2 atom stereocenters. The summed E-state index contributed by atoms with van der Waals surface area (Å²) in [6.45, 7) is 0. The first kappa shape index (κ1) is 13.1. The SMILES string of the molecule is COc1cc(C(O)C2CCc3cccnc32)ccc1F. The largest absolute Gasteiger partial charge is 0.494 e. The highest BCUT2D eigenvalue weighted by molar-refractivity contribution is 5.36. The van der Waals surface area contributed by atoms with Crippen molar-refractivity contribution in [2.24, 2.45) is 0 Å². The van der Waals surface area contributed by atoms with Crippen molar-refractivity contribution in [1.29, 1.82) is 0 Å². The normalized spacial score (nSPS) is 18.6. The van der Waals surface area contributed by atoms with Crippen LogP contribution in [0.15, 0.2) is 36.5 Å². The Bertz CT molecular complexity index is 630. The Morgan fingerprint density at radius 1 is 1.40 bits per heavy atom. The standard InChI is InChI=1S/C16H16FNO2/c1-20-14-9-11(5-7-13(14)17)16(19)12-6-4-10-3-2-8-18-15(10)12/h2-3,5,7-9,12,16,19H,4,6H2,1H3. The molecule has 20 heavy (non-hydrogen) atoms. The van der Waals surface area contributed by atoms with Crippen LogP contribution in [0.25, 0.3) is 0 Å². The molecule has 3 rings (SSSR count). The Morgan fingerprint density at radius 3 is 3.05 bits per heavy atom. The van der Waals surface area contributed by atoms with Crippen molar-refractivity contribution in [2.75, 3.05) is 7.11 Å². The predicted octanol–water partition coefficient (Wildman–Crippen LogP) is 2.99. The average Bonchev–Trinajstić information content (AvgIpc) is 2.91. The number of aryl methyl sites for hydroxylation is 1. The van der Waals surface area contributed by atoms with Gasteiger partial charge >= 0.3 is 0 Å². The zero-order valence-corrected chi connectivity index (χ0v) is 11.2. The number of halogens is 1. The smallest absolute Gasteiger partial charge is 0.165 e. The second-order valence-corrected chi connectivity index (χ2v) is 5.03. The number of fused-ring (bicyclic) bond motifs is 1. The van der Waals surface area contributed by atoms with Gasteiger partial charge in [0.25, 0.3) is 0 Å². The number of aromatic nitrogens is 1. The molecule has 1 aromatic heterocycles. The second-order valence-electron chi connectivity index (χ2n) is 5.03. The van der Waals surface area contributed by atoms with Gasteiger partial charge in [0.05, 0.1) is 13.2 Å². The molecule has 2 aromatic rings. The van der Waals surface area contributed by atoms with Gasteiger partial charge in [0.2, 0.25) is 0 Å². The van der Waals surface area contributed by atoms with E-state index in [2.05, 4.69) is 4.98 Å². The van der Waals surface area contributed by atoms with Crippen LogP contribution in [-0.2, 0) is 6.42 Å². The lowest BCUT2D eigenvalue weighted by atomic mass is 9.93. The van der Waals surface area contributed by atoms with Gasteiger partial charge < -0.3 is 9.84 Å². The first-order valence-electron chi connectivity index (χ1n) is 6.66. The maximum atomic E-state index is 13.4. The zero-order chi connectivity index (χ0) is 14.1. The van der Waals surface area contributed by atoms with Gasteiger partial charge in [-0.25, -0.2) is 4.39 Å². The molecule has 0 radical (unpaired) electrons. The summed E-state index contributed by atoms with van der Waals surface area (Å²) < 4.78 is 18.4. The molecule has 3 nitrogen and oxygen atoms in total. The average molecular weight is 273 g/mol. The summed E-state index contributed by atoms with van der Waals surface area (Å²) in [6.07, 6.45) is 2.83. The minimum atomic E-state index is -0.694. The molecule has 104 valence electrons. The van der Waals surface area contributed by atoms with Gasteiger partial charge in [-0.05, 0) is 42.2 Å². The first-order valence-corrected chi connectivity index (χ1v) is 6.66. The van der Waals surface area contributed by atoms with Crippen molar-refractivity contribution in [3.8, 4) is 5.75 Å². The van der Waals surface area contributed by atoms with Crippen LogP contribution in [0.3, 0.4) is 0 Å². The van der Waals surface area contributed by atoms with E-state index in [1.807, 2.05) is 12.1 Å². The van der Waals surface area contributed by atoms with Crippen LogP contribution in [0, 0.1) is 5.82 Å². The van der Waals surface area contributed by atoms with E-state index in [9.17, 15) is 9.50 Å². The Kier molecular flexibility index (Phi) is 3.40. The molecular formula is C16H16FNO2. The number of methoxy groups -OCH3 is 1. The molecule has 0 fully saturated rings. The maximum Gasteiger partial charge on any atom is 0.165 e. The molecule has 0 amide bonds. The van der Waals surface area contributed by atoms with Crippen molar-refractivity contribution < 1.29 is 14.2 Å². The fourth-order valence-electron chi connectivity index (χ4n) is 2.84. The summed E-state index contributed by atoms with van der Waals surface area (Å²) in [6, 6.07) is 8.44. The molecule has 0 saturated heterocycles.